The lowest BCUT2D eigenvalue weighted by molar-refractivity contribution is -0.139. The summed E-state index contributed by atoms with van der Waals surface area (Å²) in [4.78, 5) is 34.7. The summed E-state index contributed by atoms with van der Waals surface area (Å²) in [6.07, 6.45) is -1.41. The molecule has 0 bridgehead atoms. The van der Waals surface area contributed by atoms with Crippen LogP contribution in [0.15, 0.2) is 12.4 Å². The molecule has 1 fully saturated rings. The number of carbonyl (C=O) groups excluding carboxylic acids is 1. The molecule has 1 aliphatic rings. The smallest absolute Gasteiger partial charge is 0.378 e. The number of nitrogens with zero attached hydrogens (tertiary/aromatic N) is 7. The van der Waals surface area contributed by atoms with E-state index in [2.05, 4.69) is 35.6 Å². The first-order valence-corrected chi connectivity index (χ1v) is 11.0. The Hall–Kier alpha value is -3.75. The van der Waals surface area contributed by atoms with Crippen LogP contribution in [0.2, 0.25) is 0 Å². The number of aromatic nitrogens is 6. The number of rotatable bonds is 8. The third-order valence-corrected chi connectivity index (χ3v) is 5.21. The first kappa shape index (κ1) is 24.4. The van der Waals surface area contributed by atoms with Gasteiger partial charge in [-0.2, -0.15) is 13.2 Å². The highest BCUT2D eigenvalue weighted by molar-refractivity contribution is 5.88. The number of anilines is 3. The molecule has 4 rings (SSSR count). The molecular weight excluding hydrogens is 469 g/mol. The summed E-state index contributed by atoms with van der Waals surface area (Å²) < 4.78 is 47.0. The largest absolute Gasteiger partial charge is 0.406 e. The van der Waals surface area contributed by atoms with E-state index in [-0.39, 0.29) is 47.9 Å². The molecule has 0 atom stereocenters. The van der Waals surface area contributed by atoms with Gasteiger partial charge in [0.25, 0.3) is 0 Å². The Morgan fingerprint density at radius 3 is 2.51 bits per heavy atom. The summed E-state index contributed by atoms with van der Waals surface area (Å²) >= 11 is 0. The predicted molar refractivity (Wildman–Crippen MR) is 122 cm³/mol. The van der Waals surface area contributed by atoms with Gasteiger partial charge in [-0.05, 0) is 0 Å². The number of nitrogen functional groups attached to an aromatic ring is 1. The third-order valence-electron chi connectivity index (χ3n) is 5.21. The number of ether oxygens (including phenoxy) is 1. The third kappa shape index (κ3) is 5.85. The molecule has 1 aliphatic heterocycles. The SMILES string of the molecule is CCC(=O)NCCNc1nc2c(N3CCOCC3)nc(-c3cnc(N)nc3)nc2n1CC(F)(F)F. The summed E-state index contributed by atoms with van der Waals surface area (Å²) in [6.45, 7) is 2.65. The quantitative estimate of drug-likeness (QED) is 0.390. The van der Waals surface area contributed by atoms with E-state index in [4.69, 9.17) is 10.5 Å². The Morgan fingerprint density at radius 1 is 1.14 bits per heavy atom. The van der Waals surface area contributed by atoms with Gasteiger partial charge in [0.05, 0.1) is 18.8 Å². The lowest BCUT2D eigenvalue weighted by atomic mass is 10.3. The number of carbonyl (C=O) groups is 1. The van der Waals surface area contributed by atoms with Gasteiger partial charge in [0.2, 0.25) is 17.8 Å². The van der Waals surface area contributed by atoms with Gasteiger partial charge in [0, 0.05) is 45.0 Å². The summed E-state index contributed by atoms with van der Waals surface area (Å²) in [7, 11) is 0. The second kappa shape index (κ2) is 10.2. The fourth-order valence-electron chi connectivity index (χ4n) is 3.53. The van der Waals surface area contributed by atoms with Crippen molar-refractivity contribution in [2.24, 2.45) is 0 Å². The number of alkyl halides is 3. The van der Waals surface area contributed by atoms with Gasteiger partial charge < -0.3 is 26.0 Å². The summed E-state index contributed by atoms with van der Waals surface area (Å²) in [6, 6.07) is 0. The van der Waals surface area contributed by atoms with Crippen molar-refractivity contribution >= 4 is 34.8 Å². The maximum Gasteiger partial charge on any atom is 0.406 e. The normalized spacial score (nSPS) is 14.3. The lowest BCUT2D eigenvalue weighted by Gasteiger charge is -2.28. The molecule has 0 unspecified atom stereocenters. The Morgan fingerprint density at radius 2 is 1.86 bits per heavy atom. The van der Waals surface area contributed by atoms with E-state index < -0.39 is 12.7 Å². The summed E-state index contributed by atoms with van der Waals surface area (Å²) in [5.74, 6) is 0.383. The average molecular weight is 494 g/mol. The zero-order chi connectivity index (χ0) is 25.0. The molecule has 0 aromatic carbocycles. The highest BCUT2D eigenvalue weighted by Gasteiger charge is 2.32. The molecule has 188 valence electrons. The van der Waals surface area contributed by atoms with E-state index in [0.29, 0.717) is 44.1 Å². The number of nitrogens with two attached hydrogens (primary N) is 1. The van der Waals surface area contributed by atoms with Gasteiger partial charge >= 0.3 is 6.18 Å². The Labute approximate surface area is 198 Å². The molecular formula is C20H25F3N10O2. The van der Waals surface area contributed by atoms with Crippen molar-refractivity contribution in [2.45, 2.75) is 26.1 Å². The fourth-order valence-corrected chi connectivity index (χ4v) is 3.53. The molecule has 0 aliphatic carbocycles. The van der Waals surface area contributed by atoms with Gasteiger partial charge in [-0.3, -0.25) is 9.36 Å². The lowest BCUT2D eigenvalue weighted by Crippen LogP contribution is -2.37. The van der Waals surface area contributed by atoms with Crippen LogP contribution in [0.3, 0.4) is 0 Å². The molecule has 12 nitrogen and oxygen atoms in total. The maximum absolute atomic E-state index is 13.6. The number of fused-ring (bicyclic) bond motifs is 1. The molecule has 3 aromatic heterocycles. The molecule has 0 spiro atoms. The summed E-state index contributed by atoms with van der Waals surface area (Å²) in [5.41, 5.74) is 6.19. The molecule has 4 N–H and O–H groups in total. The van der Waals surface area contributed by atoms with Crippen molar-refractivity contribution in [3.05, 3.63) is 12.4 Å². The maximum atomic E-state index is 13.6. The molecule has 0 radical (unpaired) electrons. The van der Waals surface area contributed by atoms with Gasteiger partial charge in [-0.25, -0.2) is 24.9 Å². The minimum absolute atomic E-state index is 0.00531. The van der Waals surface area contributed by atoms with Crippen molar-refractivity contribution in [2.75, 3.05) is 55.3 Å². The molecule has 15 heteroatoms. The molecule has 1 amide bonds. The second-order valence-electron chi connectivity index (χ2n) is 7.74. The predicted octanol–water partition coefficient (Wildman–Crippen LogP) is 1.20. The van der Waals surface area contributed by atoms with Crippen LogP contribution in [-0.2, 0) is 16.1 Å². The highest BCUT2D eigenvalue weighted by Crippen LogP contribution is 2.32. The molecule has 4 heterocycles. The van der Waals surface area contributed by atoms with Crippen LogP contribution in [0.1, 0.15) is 13.3 Å². The van der Waals surface area contributed by atoms with E-state index in [1.54, 1.807) is 6.92 Å². The Balaban J connectivity index is 1.80. The zero-order valence-corrected chi connectivity index (χ0v) is 19.0. The average Bonchev–Trinajstić information content (AvgIpc) is 3.17. The highest BCUT2D eigenvalue weighted by atomic mass is 19.4. The van der Waals surface area contributed by atoms with Crippen molar-refractivity contribution in [3.63, 3.8) is 0 Å². The van der Waals surface area contributed by atoms with E-state index >= 15 is 0 Å². The topological polar surface area (TPSA) is 149 Å². The van der Waals surface area contributed by atoms with Crippen molar-refractivity contribution in [1.29, 1.82) is 0 Å². The van der Waals surface area contributed by atoms with Gasteiger partial charge in [-0.1, -0.05) is 6.92 Å². The monoisotopic (exact) mass is 494 g/mol. The number of morpholine rings is 1. The molecule has 1 saturated heterocycles. The van der Waals surface area contributed by atoms with E-state index in [1.165, 1.54) is 12.4 Å². The molecule has 0 saturated carbocycles. The number of nitrogens with one attached hydrogen (secondary N) is 2. The second-order valence-corrected chi connectivity index (χ2v) is 7.74. The summed E-state index contributed by atoms with van der Waals surface area (Å²) in [5, 5.41) is 5.55. The first-order chi connectivity index (χ1) is 16.7. The molecule has 3 aromatic rings. The van der Waals surface area contributed by atoms with Crippen molar-refractivity contribution < 1.29 is 22.7 Å². The first-order valence-electron chi connectivity index (χ1n) is 11.0. The number of amides is 1. The number of halogens is 3. The number of hydrogen-bond acceptors (Lipinski definition) is 10. The van der Waals surface area contributed by atoms with Gasteiger partial charge in [-0.15, -0.1) is 0 Å². The Kier molecular flexibility index (Phi) is 7.14. The van der Waals surface area contributed by atoms with Crippen LogP contribution in [-0.4, -0.2) is 81.0 Å². The van der Waals surface area contributed by atoms with Crippen molar-refractivity contribution in [1.82, 2.24) is 34.8 Å². The van der Waals surface area contributed by atoms with Crippen LogP contribution in [0.4, 0.5) is 30.9 Å². The van der Waals surface area contributed by atoms with Crippen LogP contribution in [0.25, 0.3) is 22.6 Å². The van der Waals surface area contributed by atoms with E-state index in [1.807, 2.05) is 4.90 Å². The van der Waals surface area contributed by atoms with Crippen LogP contribution >= 0.6 is 0 Å². The van der Waals surface area contributed by atoms with Gasteiger partial charge in [0.15, 0.2) is 22.8 Å². The van der Waals surface area contributed by atoms with Crippen LogP contribution in [0, 0.1) is 0 Å². The fraction of sp³-hybridized carbons (Fsp3) is 0.500. The zero-order valence-electron chi connectivity index (χ0n) is 19.0. The minimum atomic E-state index is -4.53. The van der Waals surface area contributed by atoms with Crippen molar-refractivity contribution in [3.8, 4) is 11.4 Å². The van der Waals surface area contributed by atoms with Gasteiger partial charge in [0.1, 0.15) is 6.54 Å². The minimum Gasteiger partial charge on any atom is -0.378 e. The number of imidazole rings is 1. The molecule has 35 heavy (non-hydrogen) atoms. The number of hydrogen-bond donors (Lipinski definition) is 3. The standard InChI is InChI=1S/C20H25F3N10O2/c1-2-13(34)25-3-4-26-19-29-14-16(32-5-7-35-8-6-32)30-15(12-9-27-18(24)28-10-12)31-17(14)33(19)11-20(21,22)23/h9-10H,2-8,11H2,1H3,(H,25,34)(H,26,29)(H2,24,27,28). The van der Waals surface area contributed by atoms with Crippen LogP contribution in [0.5, 0.6) is 0 Å². The Bertz CT molecular complexity index is 1180. The van der Waals surface area contributed by atoms with Crippen LogP contribution < -0.4 is 21.3 Å². The van der Waals surface area contributed by atoms with E-state index in [9.17, 15) is 18.0 Å². The van der Waals surface area contributed by atoms with E-state index in [0.717, 1.165) is 4.57 Å².